The number of methoxy groups -OCH3 is 3. The summed E-state index contributed by atoms with van der Waals surface area (Å²) in [6.45, 7) is 6.19. The third-order valence-electron chi connectivity index (χ3n) is 10.7. The predicted molar refractivity (Wildman–Crippen MR) is 200 cm³/mol. The Balaban J connectivity index is 1.47. The molecule has 0 radical (unpaired) electrons. The first-order chi connectivity index (χ1) is 25.7. The first kappa shape index (κ1) is 35.9. The molecule has 4 atom stereocenters. The molecule has 2 bridgehead atoms. The summed E-state index contributed by atoms with van der Waals surface area (Å²) in [6.07, 6.45) is 2.66. The maximum Gasteiger partial charge on any atom is 0.308 e. The van der Waals surface area contributed by atoms with Gasteiger partial charge in [-0.15, -0.1) is 0 Å². The maximum atomic E-state index is 12.7. The number of ether oxygens (including phenoxy) is 6. The highest BCUT2D eigenvalue weighted by atomic mass is 16.5. The van der Waals surface area contributed by atoms with Gasteiger partial charge >= 0.3 is 5.97 Å². The number of hydrogen-bond donors (Lipinski definition) is 0. The number of carbonyl (C=O) groups excluding carboxylic acids is 1. The molecule has 4 aromatic carbocycles. The van der Waals surface area contributed by atoms with E-state index < -0.39 is 18.1 Å². The van der Waals surface area contributed by atoms with Gasteiger partial charge in [0.05, 0.1) is 52.7 Å². The van der Waals surface area contributed by atoms with Crippen LogP contribution in [0, 0.1) is 25.2 Å². The summed E-state index contributed by atoms with van der Waals surface area (Å²) in [4.78, 5) is 17.2. The van der Waals surface area contributed by atoms with E-state index in [9.17, 15) is 10.1 Å². The van der Waals surface area contributed by atoms with E-state index in [1.807, 2.05) is 80.6 Å². The second-order valence-corrected chi connectivity index (χ2v) is 13.8. The maximum absolute atomic E-state index is 12.7. The van der Waals surface area contributed by atoms with E-state index >= 15 is 0 Å². The number of aryl methyl sites for hydroxylation is 1. The van der Waals surface area contributed by atoms with Gasteiger partial charge in [-0.25, -0.2) is 0 Å². The van der Waals surface area contributed by atoms with E-state index in [1.54, 1.807) is 21.3 Å². The number of hydrogen-bond acceptors (Lipinski definition) is 10. The first-order valence-corrected chi connectivity index (χ1v) is 17.8. The summed E-state index contributed by atoms with van der Waals surface area (Å²) in [6, 6.07) is 23.3. The Morgan fingerprint density at radius 2 is 1.49 bits per heavy atom. The zero-order valence-electron chi connectivity index (χ0n) is 31.3. The minimum absolute atomic E-state index is 0.172. The molecule has 53 heavy (non-hydrogen) atoms. The van der Waals surface area contributed by atoms with Crippen LogP contribution in [0.25, 0.3) is 6.08 Å². The SMILES string of the molecule is COc1c(C)cc2c(c1OCc1ccccc1)[C@H]1C3=Cc4c(OC(C)=O)c(C)c(OC)c(OC)c4[C@H](COCc4ccccc4)N3[C@@H](C#N)[C@@H](C2)N1C. The molecule has 10 heteroatoms. The Morgan fingerprint density at radius 1 is 0.849 bits per heavy atom. The molecule has 0 saturated carbocycles. The molecule has 0 amide bonds. The van der Waals surface area contributed by atoms with Gasteiger partial charge in [-0.2, -0.15) is 5.26 Å². The van der Waals surface area contributed by atoms with E-state index in [-0.39, 0.29) is 18.7 Å². The molecule has 3 aliphatic heterocycles. The fourth-order valence-electron chi connectivity index (χ4n) is 8.42. The smallest absolute Gasteiger partial charge is 0.308 e. The lowest BCUT2D eigenvalue weighted by Gasteiger charge is -2.57. The van der Waals surface area contributed by atoms with Crippen LogP contribution in [0.2, 0.25) is 0 Å². The van der Waals surface area contributed by atoms with Gasteiger partial charge in [0.15, 0.2) is 23.0 Å². The number of fused-ring (bicyclic) bond motifs is 7. The van der Waals surface area contributed by atoms with Crippen molar-refractivity contribution in [3.63, 3.8) is 0 Å². The molecule has 0 aliphatic carbocycles. The van der Waals surface area contributed by atoms with Gasteiger partial charge in [0.2, 0.25) is 0 Å². The number of rotatable bonds is 11. The molecular formula is C43H45N3O7. The minimum atomic E-state index is -0.570. The van der Waals surface area contributed by atoms with Crippen LogP contribution in [-0.2, 0) is 29.2 Å². The molecule has 0 N–H and O–H groups in total. The number of nitriles is 1. The summed E-state index contributed by atoms with van der Waals surface area (Å²) >= 11 is 0. The molecule has 1 fully saturated rings. The van der Waals surface area contributed by atoms with E-state index in [0.29, 0.717) is 59.5 Å². The third kappa shape index (κ3) is 6.24. The number of likely N-dealkylation sites (N-methyl/N-ethyl adjacent to an activating group) is 1. The van der Waals surface area contributed by atoms with Crippen LogP contribution in [0.5, 0.6) is 28.7 Å². The van der Waals surface area contributed by atoms with Gasteiger partial charge in [0.25, 0.3) is 0 Å². The van der Waals surface area contributed by atoms with Gasteiger partial charge in [0.1, 0.15) is 18.4 Å². The molecule has 0 aromatic heterocycles. The normalized spacial score (nSPS) is 19.9. The fourth-order valence-corrected chi connectivity index (χ4v) is 8.42. The summed E-state index contributed by atoms with van der Waals surface area (Å²) in [7, 11) is 6.91. The number of benzene rings is 4. The number of piperazine rings is 1. The monoisotopic (exact) mass is 715 g/mol. The van der Waals surface area contributed by atoms with Crippen molar-refractivity contribution in [3.8, 4) is 34.8 Å². The zero-order valence-corrected chi connectivity index (χ0v) is 31.3. The Hall–Kier alpha value is -5.50. The van der Waals surface area contributed by atoms with Gasteiger partial charge in [0, 0.05) is 40.9 Å². The van der Waals surface area contributed by atoms with E-state index in [4.69, 9.17) is 28.4 Å². The largest absolute Gasteiger partial charge is 0.493 e. The molecule has 4 aromatic rings. The predicted octanol–water partition coefficient (Wildman–Crippen LogP) is 7.25. The number of nitrogens with zero attached hydrogens (tertiary/aromatic N) is 3. The highest BCUT2D eigenvalue weighted by molar-refractivity contribution is 5.80. The van der Waals surface area contributed by atoms with Crippen LogP contribution in [0.3, 0.4) is 0 Å². The standard InChI is InChI=1S/C43H45N3O7/c1-25-18-30-19-32-34(21-44)46-33(38(45(32)4)36(30)43(39(25)48-5)52-23-29-16-12-9-13-17-29)20-31-37(35(46)24-51-22-28-14-10-8-11-15-28)42(50-7)41(49-6)26(2)40(31)53-27(3)47/h8-18,20,32,34-35,38H,19,22-24H2,1-7H3/t32-,34+,35+,38-/m1/s1. The highest BCUT2D eigenvalue weighted by Gasteiger charge is 2.53. The molecule has 0 spiro atoms. The van der Waals surface area contributed by atoms with Crippen molar-refractivity contribution < 1.29 is 33.2 Å². The van der Waals surface area contributed by atoms with Crippen molar-refractivity contribution in [2.24, 2.45) is 0 Å². The van der Waals surface area contributed by atoms with Gasteiger partial charge in [-0.05, 0) is 55.6 Å². The second kappa shape index (κ2) is 14.9. The lowest BCUT2D eigenvalue weighted by atomic mass is 9.75. The van der Waals surface area contributed by atoms with E-state index in [1.165, 1.54) is 6.92 Å². The average molecular weight is 716 g/mol. The Labute approximate surface area is 311 Å². The van der Waals surface area contributed by atoms with Crippen molar-refractivity contribution >= 4 is 12.0 Å². The van der Waals surface area contributed by atoms with Crippen LogP contribution < -0.4 is 23.7 Å². The number of carbonyl (C=O) groups is 1. The third-order valence-corrected chi connectivity index (χ3v) is 10.7. The first-order valence-electron chi connectivity index (χ1n) is 17.8. The lowest BCUT2D eigenvalue weighted by molar-refractivity contribution is -0.131. The quantitative estimate of drug-likeness (QED) is 0.117. The second-order valence-electron chi connectivity index (χ2n) is 13.8. The topological polar surface area (TPSA) is 103 Å². The Morgan fingerprint density at radius 3 is 2.09 bits per heavy atom. The summed E-state index contributed by atoms with van der Waals surface area (Å²) in [5, 5.41) is 11.1. The minimum Gasteiger partial charge on any atom is -0.493 e. The van der Waals surface area contributed by atoms with Crippen molar-refractivity contribution in [1.29, 1.82) is 5.26 Å². The van der Waals surface area contributed by atoms with Crippen LogP contribution in [0.4, 0.5) is 0 Å². The molecular weight excluding hydrogens is 670 g/mol. The molecule has 3 aliphatic rings. The molecule has 0 unspecified atom stereocenters. The van der Waals surface area contributed by atoms with Crippen molar-refractivity contribution in [2.75, 3.05) is 35.0 Å². The van der Waals surface area contributed by atoms with Crippen molar-refractivity contribution in [1.82, 2.24) is 9.80 Å². The average Bonchev–Trinajstić information content (AvgIpc) is 3.15. The molecule has 274 valence electrons. The zero-order chi connectivity index (χ0) is 37.4. The summed E-state index contributed by atoms with van der Waals surface area (Å²) in [5.41, 5.74) is 7.99. The molecule has 3 heterocycles. The van der Waals surface area contributed by atoms with Crippen molar-refractivity contribution in [2.45, 2.75) is 64.6 Å². The van der Waals surface area contributed by atoms with Crippen molar-refractivity contribution in [3.05, 3.63) is 117 Å². The van der Waals surface area contributed by atoms with E-state index in [0.717, 1.165) is 39.1 Å². The van der Waals surface area contributed by atoms with Crippen LogP contribution in [0.1, 0.15) is 63.5 Å². The van der Waals surface area contributed by atoms with Crippen LogP contribution in [0.15, 0.2) is 72.4 Å². The van der Waals surface area contributed by atoms with Crippen LogP contribution in [-0.4, -0.2) is 62.8 Å². The fraction of sp³-hybridized carbons (Fsp3) is 0.349. The van der Waals surface area contributed by atoms with E-state index in [2.05, 4.69) is 29.0 Å². The molecule has 7 rings (SSSR count). The summed E-state index contributed by atoms with van der Waals surface area (Å²) in [5.74, 6) is 2.21. The van der Waals surface area contributed by atoms with Gasteiger partial charge < -0.3 is 33.3 Å². The lowest BCUT2D eigenvalue weighted by Crippen LogP contribution is -2.62. The van der Waals surface area contributed by atoms with Gasteiger partial charge in [-0.3, -0.25) is 9.69 Å². The Kier molecular flexibility index (Phi) is 10.1. The summed E-state index contributed by atoms with van der Waals surface area (Å²) < 4.78 is 37.4. The highest BCUT2D eigenvalue weighted by Crippen LogP contribution is 2.58. The molecule has 1 saturated heterocycles. The Bertz CT molecular complexity index is 2090. The number of esters is 1. The molecule has 10 nitrogen and oxygen atoms in total. The van der Waals surface area contributed by atoms with Gasteiger partial charge in [-0.1, -0.05) is 66.7 Å². The van der Waals surface area contributed by atoms with Crippen LogP contribution >= 0.6 is 0 Å².